The zero-order valence-electron chi connectivity index (χ0n) is 17.9. The first kappa shape index (κ1) is 22.2. The molecule has 1 aliphatic rings. The number of rotatable bonds is 11. The largest absolute Gasteiger partial charge is 0.492 e. The minimum atomic E-state index is 0.579. The van der Waals surface area contributed by atoms with Gasteiger partial charge in [-0.25, -0.2) is 0 Å². The predicted molar refractivity (Wildman–Crippen MR) is 119 cm³/mol. The highest BCUT2D eigenvalue weighted by atomic mass is 16.5. The quantitative estimate of drug-likeness (QED) is 0.334. The van der Waals surface area contributed by atoms with Crippen LogP contribution in [0.5, 0.6) is 5.75 Å². The number of benzene rings is 1. The summed E-state index contributed by atoms with van der Waals surface area (Å²) in [4.78, 5) is 7.17. The maximum Gasteiger partial charge on any atom is 0.191 e. The second-order valence-corrected chi connectivity index (χ2v) is 7.38. The van der Waals surface area contributed by atoms with Crippen LogP contribution in [0.2, 0.25) is 0 Å². The second kappa shape index (κ2) is 12.9. The summed E-state index contributed by atoms with van der Waals surface area (Å²) in [6.07, 6.45) is 3.56. The molecule has 0 bridgehead atoms. The van der Waals surface area contributed by atoms with Crippen LogP contribution in [0.4, 0.5) is 0 Å². The van der Waals surface area contributed by atoms with E-state index < -0.39 is 0 Å². The summed E-state index contributed by atoms with van der Waals surface area (Å²) >= 11 is 0. The Balaban J connectivity index is 1.39. The third-order valence-electron chi connectivity index (χ3n) is 4.93. The molecule has 164 valence electrons. The van der Waals surface area contributed by atoms with Crippen LogP contribution in [-0.4, -0.2) is 69.9 Å². The number of hydrogen-bond acceptors (Lipinski definition) is 5. The minimum absolute atomic E-state index is 0.579. The van der Waals surface area contributed by atoms with Crippen LogP contribution >= 0.6 is 0 Å². The summed E-state index contributed by atoms with van der Waals surface area (Å²) in [5, 5.41) is 6.76. The van der Waals surface area contributed by atoms with E-state index in [-0.39, 0.29) is 0 Å². The Labute approximate surface area is 179 Å². The average molecular weight is 415 g/mol. The van der Waals surface area contributed by atoms with Gasteiger partial charge in [0.25, 0.3) is 0 Å². The highest BCUT2D eigenvalue weighted by Crippen LogP contribution is 2.10. The Kier molecular flexibility index (Phi) is 9.56. The molecule has 30 heavy (non-hydrogen) atoms. The molecule has 0 atom stereocenters. The van der Waals surface area contributed by atoms with Gasteiger partial charge in [-0.15, -0.1) is 0 Å². The molecule has 1 aromatic heterocycles. The molecule has 0 aliphatic carbocycles. The maximum atomic E-state index is 5.80. The van der Waals surface area contributed by atoms with Gasteiger partial charge in [-0.05, 0) is 37.6 Å². The Morgan fingerprint density at radius 2 is 1.90 bits per heavy atom. The van der Waals surface area contributed by atoms with Gasteiger partial charge < -0.3 is 24.5 Å². The molecule has 1 fully saturated rings. The third kappa shape index (κ3) is 8.47. The molecule has 2 aromatic rings. The molecular weight excluding hydrogens is 380 g/mol. The topological polar surface area (TPSA) is 71.3 Å². The highest BCUT2D eigenvalue weighted by molar-refractivity contribution is 5.79. The van der Waals surface area contributed by atoms with Gasteiger partial charge in [0.2, 0.25) is 0 Å². The van der Waals surface area contributed by atoms with Crippen LogP contribution in [0, 0.1) is 6.92 Å². The lowest BCUT2D eigenvalue weighted by Crippen LogP contribution is -2.40. The van der Waals surface area contributed by atoms with Crippen LogP contribution < -0.4 is 15.4 Å². The number of aryl methyl sites for hydroxylation is 1. The van der Waals surface area contributed by atoms with E-state index in [0.29, 0.717) is 13.2 Å². The van der Waals surface area contributed by atoms with Crippen LogP contribution in [0.3, 0.4) is 0 Å². The number of hydrogen-bond donors (Lipinski definition) is 2. The number of nitrogens with zero attached hydrogens (tertiary/aromatic N) is 2. The van der Waals surface area contributed by atoms with Crippen molar-refractivity contribution in [2.24, 2.45) is 4.99 Å². The van der Waals surface area contributed by atoms with E-state index in [1.807, 2.05) is 24.3 Å². The normalized spacial score (nSPS) is 15.2. The van der Waals surface area contributed by atoms with E-state index in [2.05, 4.69) is 34.6 Å². The smallest absolute Gasteiger partial charge is 0.191 e. The van der Waals surface area contributed by atoms with Gasteiger partial charge in [0.15, 0.2) is 5.96 Å². The summed E-state index contributed by atoms with van der Waals surface area (Å²) in [6, 6.07) is 12.0. The summed E-state index contributed by atoms with van der Waals surface area (Å²) in [5.41, 5.74) is 1.23. The van der Waals surface area contributed by atoms with Crippen molar-refractivity contribution < 1.29 is 13.9 Å². The molecule has 0 spiro atoms. The predicted octanol–water partition coefficient (Wildman–Crippen LogP) is 2.47. The van der Waals surface area contributed by atoms with E-state index in [1.54, 1.807) is 6.26 Å². The highest BCUT2D eigenvalue weighted by Gasteiger charge is 2.09. The summed E-state index contributed by atoms with van der Waals surface area (Å²) < 4.78 is 16.6. The fourth-order valence-electron chi connectivity index (χ4n) is 3.22. The Bertz CT molecular complexity index is 725. The van der Waals surface area contributed by atoms with Gasteiger partial charge in [0.1, 0.15) is 18.1 Å². The van der Waals surface area contributed by atoms with E-state index in [0.717, 1.165) is 76.2 Å². The molecule has 7 nitrogen and oxygen atoms in total. The van der Waals surface area contributed by atoms with Gasteiger partial charge in [-0.1, -0.05) is 17.7 Å². The number of aliphatic imine (C=N–C) groups is 1. The Morgan fingerprint density at radius 3 is 2.67 bits per heavy atom. The van der Waals surface area contributed by atoms with E-state index >= 15 is 0 Å². The number of furan rings is 1. The average Bonchev–Trinajstić information content (AvgIpc) is 3.29. The van der Waals surface area contributed by atoms with Gasteiger partial charge >= 0.3 is 0 Å². The van der Waals surface area contributed by atoms with Gasteiger partial charge in [0, 0.05) is 39.1 Å². The fraction of sp³-hybridized carbons (Fsp3) is 0.522. The lowest BCUT2D eigenvalue weighted by Gasteiger charge is -2.26. The summed E-state index contributed by atoms with van der Waals surface area (Å²) in [6.45, 7) is 9.66. The molecule has 7 heteroatoms. The summed E-state index contributed by atoms with van der Waals surface area (Å²) in [7, 11) is 0. The summed E-state index contributed by atoms with van der Waals surface area (Å²) in [5.74, 6) is 2.67. The number of ether oxygens (including phenoxy) is 2. The molecule has 2 N–H and O–H groups in total. The number of morpholine rings is 1. The number of nitrogens with one attached hydrogen (secondary N) is 2. The lowest BCUT2D eigenvalue weighted by molar-refractivity contribution is 0.0377. The first-order valence-corrected chi connectivity index (χ1v) is 10.8. The van der Waals surface area contributed by atoms with Crippen molar-refractivity contribution in [1.82, 2.24) is 15.5 Å². The first-order valence-electron chi connectivity index (χ1n) is 10.8. The molecule has 1 aromatic carbocycles. The standard InChI is InChI=1S/C23H34N4O3/c1-20-5-7-22(8-6-20)30-17-12-26-23(25-11-9-21-4-2-16-29-21)24-10-3-13-27-14-18-28-19-15-27/h2,4-8,16H,3,9-15,17-19H2,1H3,(H2,24,25,26). The molecule has 3 rings (SSSR count). The van der Waals surface area contributed by atoms with E-state index in [9.17, 15) is 0 Å². The van der Waals surface area contributed by atoms with Crippen molar-refractivity contribution in [2.75, 3.05) is 59.1 Å². The maximum absolute atomic E-state index is 5.80. The zero-order valence-corrected chi connectivity index (χ0v) is 17.9. The van der Waals surface area contributed by atoms with Crippen LogP contribution in [0.15, 0.2) is 52.1 Å². The fourth-order valence-corrected chi connectivity index (χ4v) is 3.22. The zero-order chi connectivity index (χ0) is 20.9. The minimum Gasteiger partial charge on any atom is -0.492 e. The van der Waals surface area contributed by atoms with Crippen LogP contribution in [-0.2, 0) is 11.2 Å². The molecule has 2 heterocycles. The Hall–Kier alpha value is -2.51. The molecule has 0 saturated carbocycles. The van der Waals surface area contributed by atoms with E-state index in [4.69, 9.17) is 18.9 Å². The molecule has 0 unspecified atom stereocenters. The van der Waals surface area contributed by atoms with Crippen molar-refractivity contribution >= 4 is 5.96 Å². The van der Waals surface area contributed by atoms with Crippen molar-refractivity contribution in [3.05, 3.63) is 54.0 Å². The van der Waals surface area contributed by atoms with Crippen molar-refractivity contribution in [1.29, 1.82) is 0 Å². The SMILES string of the molecule is Cc1ccc(OCCNC(=NCCCN2CCOCC2)NCCc2ccco2)cc1. The van der Waals surface area contributed by atoms with Gasteiger partial charge in [-0.2, -0.15) is 0 Å². The van der Waals surface area contributed by atoms with Gasteiger partial charge in [0.05, 0.1) is 26.0 Å². The van der Waals surface area contributed by atoms with Crippen molar-refractivity contribution in [2.45, 2.75) is 19.8 Å². The van der Waals surface area contributed by atoms with Crippen LogP contribution in [0.1, 0.15) is 17.7 Å². The van der Waals surface area contributed by atoms with Crippen molar-refractivity contribution in [3.63, 3.8) is 0 Å². The second-order valence-electron chi connectivity index (χ2n) is 7.38. The monoisotopic (exact) mass is 414 g/mol. The number of guanidine groups is 1. The first-order chi connectivity index (χ1) is 14.8. The van der Waals surface area contributed by atoms with E-state index in [1.165, 1.54) is 5.56 Å². The van der Waals surface area contributed by atoms with Crippen molar-refractivity contribution in [3.8, 4) is 5.75 Å². The molecule has 0 amide bonds. The molecule has 1 saturated heterocycles. The molecular formula is C23H34N4O3. The molecule has 1 aliphatic heterocycles. The third-order valence-corrected chi connectivity index (χ3v) is 4.93. The Morgan fingerprint density at radius 1 is 1.10 bits per heavy atom. The van der Waals surface area contributed by atoms with Crippen LogP contribution in [0.25, 0.3) is 0 Å². The lowest BCUT2D eigenvalue weighted by atomic mass is 10.2. The molecule has 0 radical (unpaired) electrons. The van der Waals surface area contributed by atoms with Gasteiger partial charge in [-0.3, -0.25) is 9.89 Å².